The third-order valence-electron chi connectivity index (χ3n) is 4.06. The van der Waals surface area contributed by atoms with Crippen molar-refractivity contribution in [1.29, 1.82) is 0 Å². The summed E-state index contributed by atoms with van der Waals surface area (Å²) in [5.74, 6) is -0.126. The normalized spacial score (nSPS) is 10.4. The molecule has 0 fully saturated rings. The van der Waals surface area contributed by atoms with E-state index in [-0.39, 0.29) is 18.2 Å². The summed E-state index contributed by atoms with van der Waals surface area (Å²) in [6, 6.07) is 17.6. The fourth-order valence-electron chi connectivity index (χ4n) is 2.64. The molecule has 0 unspecified atom stereocenters. The number of benzene rings is 2. The minimum absolute atomic E-state index is 0.0331. The van der Waals surface area contributed by atoms with Crippen LogP contribution in [-0.2, 0) is 22.7 Å². The van der Waals surface area contributed by atoms with Gasteiger partial charge in [0.1, 0.15) is 0 Å². The number of hydrogen-bond donors (Lipinski definition) is 2. The van der Waals surface area contributed by atoms with Gasteiger partial charge in [0.25, 0.3) is 0 Å². The van der Waals surface area contributed by atoms with Gasteiger partial charge in [-0.05, 0) is 29.8 Å². The van der Waals surface area contributed by atoms with Crippen molar-refractivity contribution in [2.45, 2.75) is 33.4 Å². The summed E-state index contributed by atoms with van der Waals surface area (Å²) in [5.41, 5.74) is 2.96. The number of nitrogens with one attached hydrogen (secondary N) is 2. The number of carbonyl (C=O) groups is 2. The van der Waals surface area contributed by atoms with Crippen molar-refractivity contribution in [3.63, 3.8) is 0 Å². The van der Waals surface area contributed by atoms with E-state index in [0.29, 0.717) is 13.1 Å². The maximum atomic E-state index is 12.3. The Kier molecular flexibility index (Phi) is 7.83. The number of amides is 2. The van der Waals surface area contributed by atoms with Gasteiger partial charge in [-0.3, -0.25) is 9.59 Å². The summed E-state index contributed by atoms with van der Waals surface area (Å²) in [6.07, 6.45) is 0.268. The van der Waals surface area contributed by atoms with Crippen LogP contribution in [0, 0.1) is 0 Å². The van der Waals surface area contributed by atoms with Crippen LogP contribution in [0.25, 0.3) is 0 Å². The van der Waals surface area contributed by atoms with Gasteiger partial charge in [0, 0.05) is 38.7 Å². The van der Waals surface area contributed by atoms with E-state index < -0.39 is 0 Å². The molecule has 0 atom stereocenters. The van der Waals surface area contributed by atoms with Crippen LogP contribution >= 0.6 is 0 Å². The van der Waals surface area contributed by atoms with Gasteiger partial charge in [0.15, 0.2) is 0 Å². The van der Waals surface area contributed by atoms with Crippen molar-refractivity contribution >= 4 is 17.5 Å². The molecule has 2 rings (SSSR count). The maximum Gasteiger partial charge on any atom is 0.226 e. The van der Waals surface area contributed by atoms with Gasteiger partial charge < -0.3 is 15.5 Å². The Morgan fingerprint density at radius 3 is 2.42 bits per heavy atom. The molecule has 138 valence electrons. The third-order valence-corrected chi connectivity index (χ3v) is 4.06. The van der Waals surface area contributed by atoms with Gasteiger partial charge in [-0.25, -0.2) is 0 Å². The first-order valence-corrected chi connectivity index (χ1v) is 8.97. The molecular weight excluding hydrogens is 326 g/mol. The molecular formula is C21H27N3O2. The van der Waals surface area contributed by atoms with Gasteiger partial charge in [-0.1, -0.05) is 49.4 Å². The molecule has 26 heavy (non-hydrogen) atoms. The first-order valence-electron chi connectivity index (χ1n) is 8.97. The summed E-state index contributed by atoms with van der Waals surface area (Å²) in [4.78, 5) is 25.8. The average Bonchev–Trinajstić information content (AvgIpc) is 2.64. The molecule has 0 aromatic heterocycles. The van der Waals surface area contributed by atoms with E-state index in [1.54, 1.807) is 4.90 Å². The molecule has 0 aliphatic heterocycles. The molecule has 2 N–H and O–H groups in total. The van der Waals surface area contributed by atoms with E-state index in [1.807, 2.05) is 54.6 Å². The Balaban J connectivity index is 1.87. The van der Waals surface area contributed by atoms with Crippen molar-refractivity contribution in [3.8, 4) is 0 Å². The molecule has 0 heterocycles. The monoisotopic (exact) mass is 353 g/mol. The third kappa shape index (κ3) is 6.69. The summed E-state index contributed by atoms with van der Waals surface area (Å²) in [5, 5.41) is 6.18. The number of hydrogen-bond acceptors (Lipinski definition) is 3. The SMILES string of the molecule is CCNCc1cccc(NC(=O)CCN(Cc2ccccc2)C(C)=O)c1. The summed E-state index contributed by atoms with van der Waals surface area (Å²) >= 11 is 0. The zero-order valence-corrected chi connectivity index (χ0v) is 15.5. The summed E-state index contributed by atoms with van der Waals surface area (Å²) in [6.45, 7) is 6.18. The Morgan fingerprint density at radius 2 is 1.73 bits per heavy atom. The molecule has 0 bridgehead atoms. The molecule has 5 heteroatoms. The molecule has 0 aliphatic carbocycles. The largest absolute Gasteiger partial charge is 0.338 e. The first kappa shape index (κ1) is 19.7. The zero-order valence-electron chi connectivity index (χ0n) is 15.5. The highest BCUT2D eigenvalue weighted by atomic mass is 16.2. The molecule has 0 saturated carbocycles. The van der Waals surface area contributed by atoms with Gasteiger partial charge >= 0.3 is 0 Å². The fourth-order valence-corrected chi connectivity index (χ4v) is 2.64. The van der Waals surface area contributed by atoms with Gasteiger partial charge in [-0.15, -0.1) is 0 Å². The van der Waals surface area contributed by atoms with E-state index in [1.165, 1.54) is 6.92 Å². The lowest BCUT2D eigenvalue weighted by Crippen LogP contribution is -2.31. The fraction of sp³-hybridized carbons (Fsp3) is 0.333. The molecule has 0 saturated heterocycles. The van der Waals surface area contributed by atoms with Crippen LogP contribution in [0.15, 0.2) is 54.6 Å². The molecule has 2 aromatic carbocycles. The second kappa shape index (κ2) is 10.4. The molecule has 2 amide bonds. The van der Waals surface area contributed by atoms with E-state index in [9.17, 15) is 9.59 Å². The van der Waals surface area contributed by atoms with Crippen LogP contribution in [-0.4, -0.2) is 29.8 Å². The maximum absolute atomic E-state index is 12.3. The standard InChI is InChI=1S/C21H27N3O2/c1-3-22-15-19-10-7-11-20(14-19)23-21(26)12-13-24(17(2)25)16-18-8-5-4-6-9-18/h4-11,14,22H,3,12-13,15-16H2,1-2H3,(H,23,26). The Hall–Kier alpha value is -2.66. The highest BCUT2D eigenvalue weighted by Crippen LogP contribution is 2.11. The highest BCUT2D eigenvalue weighted by molar-refractivity contribution is 5.91. The molecule has 0 aliphatic rings. The van der Waals surface area contributed by atoms with Crippen molar-refractivity contribution in [2.75, 3.05) is 18.4 Å². The molecule has 2 aromatic rings. The number of rotatable bonds is 9. The minimum atomic E-state index is -0.0927. The Bertz CT molecular complexity index is 716. The number of nitrogens with zero attached hydrogens (tertiary/aromatic N) is 1. The van der Waals surface area contributed by atoms with Gasteiger partial charge in [0.05, 0.1) is 0 Å². The Labute approximate surface area is 155 Å². The predicted octanol–water partition coefficient (Wildman–Crippen LogP) is 3.17. The predicted molar refractivity (Wildman–Crippen MR) is 105 cm³/mol. The first-order chi connectivity index (χ1) is 12.6. The quantitative estimate of drug-likeness (QED) is 0.728. The lowest BCUT2D eigenvalue weighted by Gasteiger charge is -2.21. The minimum Gasteiger partial charge on any atom is -0.338 e. The van der Waals surface area contributed by atoms with Crippen LogP contribution < -0.4 is 10.6 Å². The summed E-state index contributed by atoms with van der Waals surface area (Å²) < 4.78 is 0. The van der Waals surface area contributed by atoms with E-state index in [0.717, 1.165) is 29.9 Å². The Morgan fingerprint density at radius 1 is 1.00 bits per heavy atom. The highest BCUT2D eigenvalue weighted by Gasteiger charge is 2.12. The van der Waals surface area contributed by atoms with Crippen molar-refractivity contribution in [3.05, 3.63) is 65.7 Å². The van der Waals surface area contributed by atoms with E-state index in [4.69, 9.17) is 0 Å². The second-order valence-corrected chi connectivity index (χ2v) is 6.21. The van der Waals surface area contributed by atoms with Crippen molar-refractivity contribution < 1.29 is 9.59 Å². The lowest BCUT2D eigenvalue weighted by molar-refractivity contribution is -0.129. The van der Waals surface area contributed by atoms with E-state index in [2.05, 4.69) is 17.6 Å². The smallest absolute Gasteiger partial charge is 0.226 e. The van der Waals surface area contributed by atoms with Crippen LogP contribution in [0.1, 0.15) is 31.4 Å². The van der Waals surface area contributed by atoms with E-state index >= 15 is 0 Å². The zero-order chi connectivity index (χ0) is 18.8. The number of anilines is 1. The topological polar surface area (TPSA) is 61.4 Å². The number of carbonyl (C=O) groups excluding carboxylic acids is 2. The van der Waals surface area contributed by atoms with Gasteiger partial charge in [-0.2, -0.15) is 0 Å². The average molecular weight is 353 g/mol. The van der Waals surface area contributed by atoms with Gasteiger partial charge in [0.2, 0.25) is 11.8 Å². The molecule has 0 spiro atoms. The van der Waals surface area contributed by atoms with Crippen molar-refractivity contribution in [2.24, 2.45) is 0 Å². The lowest BCUT2D eigenvalue weighted by atomic mass is 10.2. The van der Waals surface area contributed by atoms with Crippen LogP contribution in [0.3, 0.4) is 0 Å². The molecule has 5 nitrogen and oxygen atoms in total. The second-order valence-electron chi connectivity index (χ2n) is 6.21. The van der Waals surface area contributed by atoms with Crippen LogP contribution in [0.4, 0.5) is 5.69 Å². The van der Waals surface area contributed by atoms with Crippen LogP contribution in [0.2, 0.25) is 0 Å². The summed E-state index contributed by atoms with van der Waals surface area (Å²) in [7, 11) is 0. The van der Waals surface area contributed by atoms with Crippen LogP contribution in [0.5, 0.6) is 0 Å². The van der Waals surface area contributed by atoms with Crippen molar-refractivity contribution in [1.82, 2.24) is 10.2 Å². The molecule has 0 radical (unpaired) electrons.